The van der Waals surface area contributed by atoms with Crippen LogP contribution >= 0.6 is 15.9 Å². The highest BCUT2D eigenvalue weighted by molar-refractivity contribution is 9.10. The molecule has 0 spiro atoms. The van der Waals surface area contributed by atoms with Crippen LogP contribution in [0.1, 0.15) is 33.6 Å². The van der Waals surface area contributed by atoms with Crippen molar-refractivity contribution in [1.29, 1.82) is 0 Å². The number of halogens is 1. The maximum absolute atomic E-state index is 9.95. The number of rotatable bonds is 8. The number of nitrogens with zero attached hydrogens (tertiary/aromatic N) is 3. The van der Waals surface area contributed by atoms with Gasteiger partial charge in [0.05, 0.1) is 12.9 Å². The Labute approximate surface area is 135 Å². The van der Waals surface area contributed by atoms with Gasteiger partial charge in [0.25, 0.3) is 5.88 Å². The van der Waals surface area contributed by atoms with E-state index < -0.39 is 0 Å². The molecule has 0 bridgehead atoms. The monoisotopic (exact) mass is 357 g/mol. The molecule has 5 nitrogen and oxygen atoms in total. The van der Waals surface area contributed by atoms with Gasteiger partial charge in [-0.3, -0.25) is 0 Å². The quantitative estimate of drug-likeness (QED) is 0.331. The van der Waals surface area contributed by atoms with Crippen LogP contribution in [-0.4, -0.2) is 41.5 Å². The maximum Gasteiger partial charge on any atom is 0.258 e. The van der Waals surface area contributed by atoms with Gasteiger partial charge in [-0.05, 0) is 41.6 Å². The molecule has 1 heterocycles. The molecule has 0 aromatic carbocycles. The molecule has 0 fully saturated rings. The molecule has 1 rings (SSSR count). The average Bonchev–Trinajstić information content (AvgIpc) is 2.44. The van der Waals surface area contributed by atoms with Crippen molar-refractivity contribution in [1.82, 2.24) is 9.88 Å². The van der Waals surface area contributed by atoms with E-state index in [4.69, 9.17) is 4.74 Å². The number of aromatic hydroxyl groups is 1. The van der Waals surface area contributed by atoms with Crippen molar-refractivity contribution in [2.45, 2.75) is 33.6 Å². The van der Waals surface area contributed by atoms with Crippen LogP contribution in [0, 0.1) is 5.92 Å². The van der Waals surface area contributed by atoms with Crippen LogP contribution in [-0.2, 0) is 0 Å². The Balaban J connectivity index is 2.68. The predicted molar refractivity (Wildman–Crippen MR) is 89.6 cm³/mol. The summed E-state index contributed by atoms with van der Waals surface area (Å²) in [5, 5.41) is 9.95. The SMILES string of the molecule is CCN(C)C=Nc1cc(O)c(OCCCC(C)C)nc1Br. The molecule has 0 unspecified atom stereocenters. The second kappa shape index (κ2) is 8.87. The summed E-state index contributed by atoms with van der Waals surface area (Å²) in [7, 11) is 1.93. The molecule has 0 radical (unpaired) electrons. The standard InChI is InChI=1S/C15H24BrN3O2/c1-5-19(4)10-17-12-9-13(20)15(18-14(12)16)21-8-6-7-11(2)3/h9-11,20H,5-8H2,1-4H3. The zero-order valence-electron chi connectivity index (χ0n) is 13.1. The number of hydrogen-bond acceptors (Lipinski definition) is 4. The highest BCUT2D eigenvalue weighted by Gasteiger charge is 2.10. The van der Waals surface area contributed by atoms with Crippen molar-refractivity contribution in [3.8, 4) is 11.6 Å². The molecule has 1 aromatic rings. The summed E-state index contributed by atoms with van der Waals surface area (Å²) in [5.41, 5.74) is 0.572. The van der Waals surface area contributed by atoms with E-state index >= 15 is 0 Å². The third-order valence-corrected chi connectivity index (χ3v) is 3.54. The van der Waals surface area contributed by atoms with Crippen LogP contribution in [0.15, 0.2) is 15.7 Å². The molecule has 0 amide bonds. The molecule has 21 heavy (non-hydrogen) atoms. The lowest BCUT2D eigenvalue weighted by Gasteiger charge is -2.11. The maximum atomic E-state index is 9.95. The fraction of sp³-hybridized carbons (Fsp3) is 0.600. The summed E-state index contributed by atoms with van der Waals surface area (Å²) in [5.74, 6) is 0.900. The molecule has 0 saturated heterocycles. The lowest BCUT2D eigenvalue weighted by atomic mass is 10.1. The smallest absolute Gasteiger partial charge is 0.258 e. The van der Waals surface area contributed by atoms with Crippen molar-refractivity contribution >= 4 is 28.0 Å². The first kappa shape index (κ1) is 17.8. The largest absolute Gasteiger partial charge is 0.503 e. The van der Waals surface area contributed by atoms with Gasteiger partial charge in [-0.1, -0.05) is 13.8 Å². The normalized spacial score (nSPS) is 11.3. The van der Waals surface area contributed by atoms with Crippen molar-refractivity contribution < 1.29 is 9.84 Å². The molecule has 1 aromatic heterocycles. The zero-order chi connectivity index (χ0) is 15.8. The van der Waals surface area contributed by atoms with Gasteiger partial charge in [-0.15, -0.1) is 0 Å². The molecular formula is C15H24BrN3O2. The van der Waals surface area contributed by atoms with Crippen LogP contribution in [0.4, 0.5) is 5.69 Å². The molecule has 1 N–H and O–H groups in total. The van der Waals surface area contributed by atoms with Gasteiger partial charge in [-0.2, -0.15) is 0 Å². The van der Waals surface area contributed by atoms with Gasteiger partial charge < -0.3 is 14.7 Å². The van der Waals surface area contributed by atoms with Crippen molar-refractivity contribution in [2.75, 3.05) is 20.2 Å². The van der Waals surface area contributed by atoms with Gasteiger partial charge in [0, 0.05) is 19.7 Å². The third kappa shape index (κ3) is 6.33. The van der Waals surface area contributed by atoms with Gasteiger partial charge in [0.15, 0.2) is 5.75 Å². The summed E-state index contributed by atoms with van der Waals surface area (Å²) >= 11 is 3.35. The summed E-state index contributed by atoms with van der Waals surface area (Å²) < 4.78 is 6.07. The van der Waals surface area contributed by atoms with Crippen LogP contribution in [0.25, 0.3) is 0 Å². The number of aromatic nitrogens is 1. The molecular weight excluding hydrogens is 334 g/mol. The summed E-state index contributed by atoms with van der Waals surface area (Å²) in [4.78, 5) is 10.4. The number of aliphatic imine (C=N–C) groups is 1. The minimum Gasteiger partial charge on any atom is -0.503 e. The van der Waals surface area contributed by atoms with E-state index in [0.717, 1.165) is 19.4 Å². The van der Waals surface area contributed by atoms with E-state index in [2.05, 4.69) is 39.8 Å². The minimum atomic E-state index is 0.00838. The molecule has 0 aliphatic heterocycles. The molecule has 118 valence electrons. The van der Waals surface area contributed by atoms with Crippen LogP contribution < -0.4 is 4.74 Å². The second-order valence-corrected chi connectivity index (χ2v) is 6.08. The van der Waals surface area contributed by atoms with Crippen molar-refractivity contribution in [2.24, 2.45) is 10.9 Å². The van der Waals surface area contributed by atoms with Crippen LogP contribution in [0.5, 0.6) is 11.6 Å². The Morgan fingerprint density at radius 3 is 2.86 bits per heavy atom. The Bertz CT molecular complexity index is 478. The topological polar surface area (TPSA) is 58.0 Å². The fourth-order valence-electron chi connectivity index (χ4n) is 1.55. The van der Waals surface area contributed by atoms with Crippen molar-refractivity contribution in [3.63, 3.8) is 0 Å². The van der Waals surface area contributed by atoms with Gasteiger partial charge in [0.2, 0.25) is 0 Å². The first-order valence-corrected chi connectivity index (χ1v) is 8.00. The Kier molecular flexibility index (Phi) is 7.50. The first-order valence-electron chi connectivity index (χ1n) is 7.20. The van der Waals surface area contributed by atoms with Gasteiger partial charge >= 0.3 is 0 Å². The first-order chi connectivity index (χ1) is 9.93. The number of ether oxygens (including phenoxy) is 1. The van der Waals surface area contributed by atoms with E-state index in [1.54, 1.807) is 12.4 Å². The molecule has 0 atom stereocenters. The van der Waals surface area contributed by atoms with E-state index in [1.165, 1.54) is 0 Å². The lowest BCUT2D eigenvalue weighted by molar-refractivity contribution is 0.272. The summed E-state index contributed by atoms with van der Waals surface area (Å²) in [6.45, 7) is 7.79. The second-order valence-electron chi connectivity index (χ2n) is 5.32. The number of hydrogen-bond donors (Lipinski definition) is 1. The molecule has 0 aliphatic rings. The average molecular weight is 358 g/mol. The summed E-state index contributed by atoms with van der Waals surface area (Å²) in [6.07, 6.45) is 3.73. The zero-order valence-corrected chi connectivity index (χ0v) is 14.7. The molecule has 0 saturated carbocycles. The molecule has 6 heteroatoms. The predicted octanol–water partition coefficient (Wildman–Crippen LogP) is 3.98. The Morgan fingerprint density at radius 2 is 2.24 bits per heavy atom. The van der Waals surface area contributed by atoms with E-state index in [9.17, 15) is 5.11 Å². The molecule has 0 aliphatic carbocycles. The van der Waals surface area contributed by atoms with E-state index in [0.29, 0.717) is 22.8 Å². The van der Waals surface area contributed by atoms with E-state index in [-0.39, 0.29) is 11.6 Å². The van der Waals surface area contributed by atoms with Crippen molar-refractivity contribution in [3.05, 3.63) is 10.7 Å². The Hall–Kier alpha value is -1.30. The third-order valence-electron chi connectivity index (χ3n) is 2.96. The van der Waals surface area contributed by atoms with E-state index in [1.807, 2.05) is 18.9 Å². The fourth-order valence-corrected chi connectivity index (χ4v) is 1.93. The number of pyridine rings is 1. The Morgan fingerprint density at radius 1 is 1.52 bits per heavy atom. The van der Waals surface area contributed by atoms with Gasteiger partial charge in [-0.25, -0.2) is 9.98 Å². The highest BCUT2D eigenvalue weighted by Crippen LogP contribution is 2.33. The summed E-state index contributed by atoms with van der Waals surface area (Å²) in [6, 6.07) is 1.55. The minimum absolute atomic E-state index is 0.00838. The van der Waals surface area contributed by atoms with Gasteiger partial charge in [0.1, 0.15) is 10.3 Å². The highest BCUT2D eigenvalue weighted by atomic mass is 79.9. The lowest BCUT2D eigenvalue weighted by Crippen LogP contribution is -2.14. The van der Waals surface area contributed by atoms with Crippen LogP contribution in [0.2, 0.25) is 0 Å². The van der Waals surface area contributed by atoms with Crippen LogP contribution in [0.3, 0.4) is 0 Å².